The fraction of sp³-hybridized carbons (Fsp3) is 0.351. The molecule has 50 heavy (non-hydrogen) atoms. The first-order valence-electron chi connectivity index (χ1n) is 16.4. The molecule has 5 aliphatic rings. The Kier molecular flexibility index (Phi) is 7.74. The molecule has 13 heteroatoms. The Balaban J connectivity index is 1.22. The minimum absolute atomic E-state index is 0.0894. The topological polar surface area (TPSA) is 117 Å². The molecule has 3 saturated heterocycles. The second-order valence-electron chi connectivity index (χ2n) is 13.3. The van der Waals surface area contributed by atoms with Crippen molar-refractivity contribution in [3.63, 3.8) is 0 Å². The van der Waals surface area contributed by atoms with Gasteiger partial charge in [0.05, 0.1) is 43.5 Å². The molecule has 10 nitrogen and oxygen atoms in total. The molecule has 6 atom stereocenters. The number of anilines is 3. The lowest BCUT2D eigenvalue weighted by atomic mass is 9.56. The van der Waals surface area contributed by atoms with Gasteiger partial charge in [0.2, 0.25) is 11.8 Å². The van der Waals surface area contributed by atoms with Crippen molar-refractivity contribution in [2.45, 2.75) is 28.5 Å². The third-order valence-corrected chi connectivity index (χ3v) is 12.3. The van der Waals surface area contributed by atoms with E-state index in [1.807, 2.05) is 18.2 Å². The van der Waals surface area contributed by atoms with Crippen molar-refractivity contribution in [3.05, 3.63) is 89.8 Å². The monoisotopic (exact) mass is 719 g/mol. The number of carbonyl (C=O) groups excluding carboxylic acids is 4. The van der Waals surface area contributed by atoms with Gasteiger partial charge in [0, 0.05) is 24.7 Å². The van der Waals surface area contributed by atoms with Crippen molar-refractivity contribution in [1.29, 1.82) is 0 Å². The number of halogens is 3. The molecule has 0 radical (unpaired) electrons. The molecule has 3 aromatic carbocycles. The number of nitrogens with zero attached hydrogens (tertiary/aromatic N) is 3. The standard InChI is InChI=1S/C37H32Cl2FN3O7/c1-49-29-18-20(2-13-28(29)44)31-25-11-12-26-30(33(46)42(32(26)45)23-9-7-22(8-10-23)41-14-16-50-17-15-41)27(25)19-36(38)34(47)43(35(48)37(31,36)39)24-5-3-21(40)4-6-24/h2-11,13,18,26-27,30-31,44H,12,14-17,19H2,1H3. The molecule has 4 fully saturated rings. The largest absolute Gasteiger partial charge is 0.504 e. The van der Waals surface area contributed by atoms with Gasteiger partial charge in [-0.2, -0.15) is 0 Å². The number of phenolic OH excluding ortho intramolecular Hbond substituents is 1. The number of hydrogen-bond acceptors (Lipinski definition) is 8. The van der Waals surface area contributed by atoms with E-state index in [0.29, 0.717) is 30.0 Å². The highest BCUT2D eigenvalue weighted by Crippen LogP contribution is 2.66. The van der Waals surface area contributed by atoms with Crippen molar-refractivity contribution < 1.29 is 38.1 Å². The number of amides is 4. The molecular formula is C37H32Cl2FN3O7. The Bertz CT molecular complexity index is 1970. The maximum Gasteiger partial charge on any atom is 0.258 e. The average Bonchev–Trinajstić information content (AvgIpc) is 3.47. The van der Waals surface area contributed by atoms with Crippen LogP contribution in [0.3, 0.4) is 0 Å². The first-order chi connectivity index (χ1) is 24.0. The van der Waals surface area contributed by atoms with Crippen molar-refractivity contribution in [3.8, 4) is 11.5 Å². The SMILES string of the molecule is COc1cc(C2C3=CCC4C(=O)N(c5ccc(N6CCOCC6)cc5)C(=O)C4C3CC3(Cl)C(=O)N(c4ccc(F)cc4)C(=O)C23Cl)ccc1O. The fourth-order valence-electron chi connectivity index (χ4n) is 8.53. The van der Waals surface area contributed by atoms with Gasteiger partial charge < -0.3 is 19.5 Å². The maximum absolute atomic E-state index is 14.5. The highest BCUT2D eigenvalue weighted by molar-refractivity contribution is 6.58. The molecule has 1 saturated carbocycles. The molecule has 8 rings (SSSR count). The van der Waals surface area contributed by atoms with Crippen molar-refractivity contribution >= 4 is 63.9 Å². The van der Waals surface area contributed by atoms with Crippen LogP contribution in [0.15, 0.2) is 78.4 Å². The molecule has 2 aliphatic carbocycles. The summed E-state index contributed by atoms with van der Waals surface area (Å²) in [5, 5.41) is 10.4. The highest BCUT2D eigenvalue weighted by Gasteiger charge is 2.76. The molecule has 3 heterocycles. The van der Waals surface area contributed by atoms with Crippen LogP contribution in [-0.2, 0) is 23.9 Å². The van der Waals surface area contributed by atoms with E-state index in [2.05, 4.69) is 4.90 Å². The molecule has 0 aromatic heterocycles. The van der Waals surface area contributed by atoms with E-state index in [1.54, 1.807) is 18.2 Å². The van der Waals surface area contributed by atoms with E-state index in [4.69, 9.17) is 32.7 Å². The van der Waals surface area contributed by atoms with Gasteiger partial charge in [-0.15, -0.1) is 23.2 Å². The van der Waals surface area contributed by atoms with E-state index in [1.165, 1.54) is 36.3 Å². The van der Waals surface area contributed by atoms with E-state index in [-0.39, 0.29) is 35.9 Å². The van der Waals surface area contributed by atoms with Crippen LogP contribution >= 0.6 is 23.2 Å². The number of allylic oxidation sites excluding steroid dienone is 2. The predicted octanol–water partition coefficient (Wildman–Crippen LogP) is 5.14. The number of ether oxygens (including phenoxy) is 2. The zero-order chi connectivity index (χ0) is 35.1. The molecule has 6 unspecified atom stereocenters. The number of methoxy groups -OCH3 is 1. The average molecular weight is 721 g/mol. The number of imide groups is 2. The van der Waals surface area contributed by atoms with Gasteiger partial charge in [0.25, 0.3) is 11.8 Å². The summed E-state index contributed by atoms with van der Waals surface area (Å²) in [4.78, 5) is 57.5. The van der Waals surface area contributed by atoms with Crippen LogP contribution in [0.5, 0.6) is 11.5 Å². The highest BCUT2D eigenvalue weighted by atomic mass is 35.5. The van der Waals surface area contributed by atoms with Crippen molar-refractivity contribution in [1.82, 2.24) is 0 Å². The van der Waals surface area contributed by atoms with E-state index in [0.717, 1.165) is 35.8 Å². The van der Waals surface area contributed by atoms with E-state index >= 15 is 0 Å². The second-order valence-corrected chi connectivity index (χ2v) is 14.6. The summed E-state index contributed by atoms with van der Waals surface area (Å²) in [6, 6.07) is 16.6. The van der Waals surface area contributed by atoms with Crippen LogP contribution in [0.4, 0.5) is 21.5 Å². The minimum Gasteiger partial charge on any atom is -0.504 e. The third-order valence-electron chi connectivity index (χ3n) is 10.9. The molecule has 0 bridgehead atoms. The van der Waals surface area contributed by atoms with Gasteiger partial charge in [-0.25, -0.2) is 9.29 Å². The Hall–Kier alpha value is -4.45. The number of rotatable bonds is 5. The lowest BCUT2D eigenvalue weighted by molar-refractivity contribution is -0.125. The quantitative estimate of drug-likeness (QED) is 0.219. The van der Waals surface area contributed by atoms with E-state index < -0.39 is 57.0 Å². The zero-order valence-electron chi connectivity index (χ0n) is 26.9. The predicted molar refractivity (Wildman–Crippen MR) is 183 cm³/mol. The number of benzene rings is 3. The Morgan fingerprint density at radius 2 is 1.48 bits per heavy atom. The lowest BCUT2D eigenvalue weighted by Crippen LogP contribution is -2.60. The summed E-state index contributed by atoms with van der Waals surface area (Å²) >= 11 is 14.8. The first kappa shape index (κ1) is 32.7. The lowest BCUT2D eigenvalue weighted by Gasteiger charge is -2.50. The van der Waals surface area contributed by atoms with Crippen LogP contribution in [0, 0.1) is 23.6 Å². The molecule has 4 amide bonds. The number of alkyl halides is 2. The maximum atomic E-state index is 14.5. The summed E-state index contributed by atoms with van der Waals surface area (Å²) in [7, 11) is 1.38. The van der Waals surface area contributed by atoms with E-state index in [9.17, 15) is 28.7 Å². The Labute approximate surface area is 296 Å². The van der Waals surface area contributed by atoms with Gasteiger partial charge >= 0.3 is 0 Å². The number of hydrogen-bond donors (Lipinski definition) is 1. The van der Waals surface area contributed by atoms with Gasteiger partial charge in [0.15, 0.2) is 21.2 Å². The molecule has 258 valence electrons. The minimum atomic E-state index is -2.10. The Morgan fingerprint density at radius 3 is 2.16 bits per heavy atom. The number of aromatic hydroxyl groups is 1. The van der Waals surface area contributed by atoms with Crippen LogP contribution in [0.1, 0.15) is 24.3 Å². The van der Waals surface area contributed by atoms with Gasteiger partial charge in [-0.3, -0.25) is 24.1 Å². The smallest absolute Gasteiger partial charge is 0.258 e. The second kappa shape index (κ2) is 11.8. The molecule has 3 aliphatic heterocycles. The van der Waals surface area contributed by atoms with Gasteiger partial charge in [0.1, 0.15) is 5.82 Å². The summed E-state index contributed by atoms with van der Waals surface area (Å²) in [5.74, 6) is -6.44. The van der Waals surface area contributed by atoms with Crippen LogP contribution in [-0.4, -0.2) is 71.9 Å². The summed E-state index contributed by atoms with van der Waals surface area (Å²) in [6.45, 7) is 2.70. The van der Waals surface area contributed by atoms with Crippen LogP contribution < -0.4 is 19.4 Å². The number of phenols is 1. The third kappa shape index (κ3) is 4.56. The number of carbonyl (C=O) groups is 4. The fourth-order valence-corrected chi connectivity index (χ4v) is 9.47. The molecule has 0 spiro atoms. The summed E-state index contributed by atoms with van der Waals surface area (Å²) in [6.07, 6.45) is 1.83. The summed E-state index contributed by atoms with van der Waals surface area (Å²) in [5.41, 5.74) is 2.49. The molecular weight excluding hydrogens is 688 g/mol. The number of morpholine rings is 1. The molecule has 3 aromatic rings. The zero-order valence-corrected chi connectivity index (χ0v) is 28.4. The van der Waals surface area contributed by atoms with Gasteiger partial charge in [-0.1, -0.05) is 17.7 Å². The Morgan fingerprint density at radius 1 is 0.840 bits per heavy atom. The molecule has 1 N–H and O–H groups in total. The van der Waals surface area contributed by atoms with Crippen molar-refractivity contribution in [2.75, 3.05) is 48.1 Å². The van der Waals surface area contributed by atoms with Crippen LogP contribution in [0.2, 0.25) is 0 Å². The number of fused-ring (bicyclic) bond motifs is 4. The normalized spacial score (nSPS) is 30.6. The summed E-state index contributed by atoms with van der Waals surface area (Å²) < 4.78 is 24.7. The van der Waals surface area contributed by atoms with Crippen molar-refractivity contribution in [2.24, 2.45) is 17.8 Å². The van der Waals surface area contributed by atoms with Crippen LogP contribution in [0.25, 0.3) is 0 Å². The first-order valence-corrected chi connectivity index (χ1v) is 17.1. The van der Waals surface area contributed by atoms with Gasteiger partial charge in [-0.05, 0) is 85.0 Å².